The van der Waals surface area contributed by atoms with Crippen molar-refractivity contribution in [3.63, 3.8) is 0 Å². The van der Waals surface area contributed by atoms with Crippen molar-refractivity contribution in [3.05, 3.63) is 21.4 Å². The maximum atomic E-state index is 5.87. The Morgan fingerprint density at radius 2 is 2.28 bits per heavy atom. The number of aryl methyl sites for hydroxylation is 2. The van der Waals surface area contributed by atoms with Gasteiger partial charge in [0.05, 0.1) is 25.9 Å². The number of thiophene rings is 1. The zero-order valence-corrected chi connectivity index (χ0v) is 12.3. The van der Waals surface area contributed by atoms with Crippen molar-refractivity contribution >= 4 is 11.3 Å². The highest BCUT2D eigenvalue weighted by Crippen LogP contribution is 2.31. The molecule has 2 unspecified atom stereocenters. The normalized spacial score (nSPS) is 22.1. The number of hydrogen-bond donors (Lipinski definition) is 1. The minimum atomic E-state index is 0.141. The van der Waals surface area contributed by atoms with Crippen LogP contribution in [0.4, 0.5) is 0 Å². The van der Waals surface area contributed by atoms with E-state index in [1.54, 1.807) is 0 Å². The Bertz CT molecular complexity index is 372. The molecule has 1 aromatic rings. The van der Waals surface area contributed by atoms with Crippen molar-refractivity contribution in [1.29, 1.82) is 0 Å². The summed E-state index contributed by atoms with van der Waals surface area (Å²) in [5, 5.41) is 3.62. The first-order valence-corrected chi connectivity index (χ1v) is 7.53. The summed E-state index contributed by atoms with van der Waals surface area (Å²) in [5.41, 5.74) is 1.36. The first-order chi connectivity index (χ1) is 8.72. The lowest BCUT2D eigenvalue weighted by Gasteiger charge is -2.31. The Labute approximate surface area is 113 Å². The molecular weight excluding hydrogens is 246 g/mol. The highest BCUT2D eigenvalue weighted by molar-refractivity contribution is 7.12. The smallest absolute Gasteiger partial charge is 0.101 e. The highest BCUT2D eigenvalue weighted by Gasteiger charge is 2.28. The van der Waals surface area contributed by atoms with Gasteiger partial charge in [-0.1, -0.05) is 6.92 Å². The van der Waals surface area contributed by atoms with Gasteiger partial charge in [-0.3, -0.25) is 0 Å². The van der Waals surface area contributed by atoms with Gasteiger partial charge in [-0.15, -0.1) is 11.3 Å². The molecule has 2 atom stereocenters. The van der Waals surface area contributed by atoms with E-state index in [1.165, 1.54) is 15.3 Å². The lowest BCUT2D eigenvalue weighted by molar-refractivity contribution is -0.102. The topological polar surface area (TPSA) is 30.5 Å². The fraction of sp³-hybridized carbons (Fsp3) is 0.714. The third-order valence-corrected chi connectivity index (χ3v) is 4.43. The second-order valence-electron chi connectivity index (χ2n) is 4.82. The van der Waals surface area contributed by atoms with Crippen molar-refractivity contribution in [2.24, 2.45) is 0 Å². The fourth-order valence-corrected chi connectivity index (χ4v) is 3.52. The molecule has 1 aliphatic rings. The van der Waals surface area contributed by atoms with Gasteiger partial charge < -0.3 is 14.8 Å². The molecule has 0 aromatic carbocycles. The third kappa shape index (κ3) is 3.32. The lowest BCUT2D eigenvalue weighted by atomic mass is 10.1. The summed E-state index contributed by atoms with van der Waals surface area (Å²) in [7, 11) is 0. The molecule has 4 heteroatoms. The van der Waals surface area contributed by atoms with E-state index in [0.29, 0.717) is 13.2 Å². The average molecular weight is 269 g/mol. The first-order valence-electron chi connectivity index (χ1n) is 6.72. The molecule has 1 saturated heterocycles. The molecule has 0 bridgehead atoms. The first kappa shape index (κ1) is 14.0. The summed E-state index contributed by atoms with van der Waals surface area (Å²) in [6.07, 6.45) is 1.27. The fourth-order valence-electron chi connectivity index (χ4n) is 2.36. The van der Waals surface area contributed by atoms with Crippen molar-refractivity contribution in [1.82, 2.24) is 5.32 Å². The molecule has 1 aliphatic heterocycles. The van der Waals surface area contributed by atoms with Crippen LogP contribution in [0.2, 0.25) is 0 Å². The van der Waals surface area contributed by atoms with Gasteiger partial charge in [-0.05, 0) is 38.4 Å². The van der Waals surface area contributed by atoms with Gasteiger partial charge >= 0.3 is 0 Å². The second-order valence-corrected chi connectivity index (χ2v) is 6.11. The van der Waals surface area contributed by atoms with Crippen molar-refractivity contribution in [2.75, 3.05) is 26.4 Å². The quantitative estimate of drug-likeness (QED) is 0.891. The minimum Gasteiger partial charge on any atom is -0.376 e. The Morgan fingerprint density at radius 1 is 1.44 bits per heavy atom. The van der Waals surface area contributed by atoms with E-state index in [2.05, 4.69) is 32.2 Å². The van der Waals surface area contributed by atoms with Crippen LogP contribution >= 0.6 is 11.3 Å². The summed E-state index contributed by atoms with van der Waals surface area (Å²) in [6.45, 7) is 9.67. The molecule has 1 fully saturated rings. The zero-order chi connectivity index (χ0) is 13.0. The summed E-state index contributed by atoms with van der Waals surface area (Å²) in [4.78, 5) is 2.76. The molecular formula is C14H23NO2S. The SMILES string of the molecule is CCCNC(c1sc(C)cc1C)C1COCCO1. The molecule has 18 heavy (non-hydrogen) atoms. The van der Waals surface area contributed by atoms with Gasteiger partial charge in [0.25, 0.3) is 0 Å². The van der Waals surface area contributed by atoms with E-state index in [9.17, 15) is 0 Å². The van der Waals surface area contributed by atoms with Crippen LogP contribution in [-0.2, 0) is 9.47 Å². The van der Waals surface area contributed by atoms with Crippen LogP contribution in [0, 0.1) is 13.8 Å². The van der Waals surface area contributed by atoms with Crippen LogP contribution < -0.4 is 5.32 Å². The van der Waals surface area contributed by atoms with E-state index < -0.39 is 0 Å². The van der Waals surface area contributed by atoms with Gasteiger partial charge in [0, 0.05) is 9.75 Å². The van der Waals surface area contributed by atoms with Crippen molar-refractivity contribution < 1.29 is 9.47 Å². The molecule has 0 spiro atoms. The van der Waals surface area contributed by atoms with Crippen LogP contribution in [0.5, 0.6) is 0 Å². The summed E-state index contributed by atoms with van der Waals surface area (Å²) in [5.74, 6) is 0. The second kappa shape index (κ2) is 6.66. The van der Waals surface area contributed by atoms with Gasteiger partial charge in [0.2, 0.25) is 0 Å². The molecule has 0 radical (unpaired) electrons. The van der Waals surface area contributed by atoms with Crippen LogP contribution in [0.25, 0.3) is 0 Å². The van der Waals surface area contributed by atoms with E-state index in [-0.39, 0.29) is 12.1 Å². The molecule has 0 amide bonds. The monoisotopic (exact) mass is 269 g/mol. The standard InChI is InChI=1S/C14H23NO2S/c1-4-5-15-13(12-9-16-6-7-17-12)14-10(2)8-11(3)18-14/h8,12-13,15H,4-7,9H2,1-3H3. The molecule has 2 rings (SSSR count). The molecule has 2 heterocycles. The molecule has 3 nitrogen and oxygen atoms in total. The number of nitrogens with one attached hydrogen (secondary N) is 1. The molecule has 1 N–H and O–H groups in total. The molecule has 0 aliphatic carbocycles. The van der Waals surface area contributed by atoms with Gasteiger partial charge in [0.1, 0.15) is 6.10 Å². The summed E-state index contributed by atoms with van der Waals surface area (Å²) < 4.78 is 11.4. The third-order valence-electron chi connectivity index (χ3n) is 3.19. The van der Waals surface area contributed by atoms with Gasteiger partial charge in [-0.2, -0.15) is 0 Å². The van der Waals surface area contributed by atoms with Gasteiger partial charge in [-0.25, -0.2) is 0 Å². The van der Waals surface area contributed by atoms with Crippen LogP contribution in [0.1, 0.15) is 34.7 Å². The van der Waals surface area contributed by atoms with Crippen LogP contribution in [-0.4, -0.2) is 32.5 Å². The van der Waals surface area contributed by atoms with E-state index >= 15 is 0 Å². The predicted octanol–water partition coefficient (Wildman–Crippen LogP) is 2.82. The maximum absolute atomic E-state index is 5.87. The van der Waals surface area contributed by atoms with Crippen molar-refractivity contribution in [3.8, 4) is 0 Å². The van der Waals surface area contributed by atoms with E-state index in [0.717, 1.165) is 19.6 Å². The van der Waals surface area contributed by atoms with E-state index in [1.807, 2.05) is 11.3 Å². The van der Waals surface area contributed by atoms with Crippen LogP contribution in [0.15, 0.2) is 6.07 Å². The van der Waals surface area contributed by atoms with Crippen molar-refractivity contribution in [2.45, 2.75) is 39.3 Å². The Kier molecular flexibility index (Phi) is 5.18. The number of ether oxygens (including phenoxy) is 2. The highest BCUT2D eigenvalue weighted by atomic mass is 32.1. The van der Waals surface area contributed by atoms with E-state index in [4.69, 9.17) is 9.47 Å². The lowest BCUT2D eigenvalue weighted by Crippen LogP contribution is -2.40. The van der Waals surface area contributed by atoms with Gasteiger partial charge in [0.15, 0.2) is 0 Å². The summed E-state index contributed by atoms with van der Waals surface area (Å²) >= 11 is 1.87. The predicted molar refractivity (Wildman–Crippen MR) is 75.4 cm³/mol. The molecule has 1 aromatic heterocycles. The number of hydrogen-bond acceptors (Lipinski definition) is 4. The maximum Gasteiger partial charge on any atom is 0.101 e. The summed E-state index contributed by atoms with van der Waals surface area (Å²) in [6, 6.07) is 2.52. The Morgan fingerprint density at radius 3 is 2.83 bits per heavy atom. The average Bonchev–Trinajstić information content (AvgIpc) is 2.70. The van der Waals surface area contributed by atoms with Crippen LogP contribution in [0.3, 0.4) is 0 Å². The molecule has 0 saturated carbocycles. The largest absolute Gasteiger partial charge is 0.376 e. The Hall–Kier alpha value is -0.420. The Balaban J connectivity index is 2.15. The minimum absolute atomic E-state index is 0.141. The zero-order valence-electron chi connectivity index (χ0n) is 11.5. The molecule has 102 valence electrons. The number of rotatable bonds is 5.